The van der Waals surface area contributed by atoms with Gasteiger partial charge in [0.1, 0.15) is 11.5 Å². The smallest absolute Gasteiger partial charge is 0.257 e. The van der Waals surface area contributed by atoms with Crippen molar-refractivity contribution in [1.82, 2.24) is 4.98 Å². The molecule has 0 fully saturated rings. The van der Waals surface area contributed by atoms with Gasteiger partial charge >= 0.3 is 0 Å². The van der Waals surface area contributed by atoms with Crippen molar-refractivity contribution in [3.63, 3.8) is 0 Å². The van der Waals surface area contributed by atoms with Gasteiger partial charge in [-0.3, -0.25) is 9.78 Å². The van der Waals surface area contributed by atoms with Crippen LogP contribution in [0, 0.1) is 6.92 Å². The van der Waals surface area contributed by atoms with Crippen molar-refractivity contribution < 1.29 is 14.3 Å². The molecule has 2 aromatic rings. The van der Waals surface area contributed by atoms with Crippen molar-refractivity contribution in [2.45, 2.75) is 6.92 Å². The molecule has 0 spiro atoms. The Morgan fingerprint density at radius 3 is 2.33 bits per heavy atom. The molecule has 0 saturated carbocycles. The molecule has 2 rings (SSSR count). The number of carbonyl (C=O) groups is 1. The fourth-order valence-electron chi connectivity index (χ4n) is 1.86. The van der Waals surface area contributed by atoms with E-state index in [4.69, 9.17) is 15.2 Å². The second-order valence-corrected chi connectivity index (χ2v) is 4.46. The maximum Gasteiger partial charge on any atom is 0.257 e. The van der Waals surface area contributed by atoms with E-state index < -0.39 is 0 Å². The van der Waals surface area contributed by atoms with Crippen LogP contribution in [0.25, 0.3) is 0 Å². The van der Waals surface area contributed by atoms with Gasteiger partial charge in [-0.15, -0.1) is 0 Å². The Morgan fingerprint density at radius 2 is 1.76 bits per heavy atom. The fourth-order valence-corrected chi connectivity index (χ4v) is 1.86. The highest BCUT2D eigenvalue weighted by Gasteiger charge is 2.12. The zero-order valence-corrected chi connectivity index (χ0v) is 12.1. The van der Waals surface area contributed by atoms with Gasteiger partial charge in [0, 0.05) is 23.9 Å². The standard InChI is InChI=1S/C15H17N3O3/c1-9-14(4-10(16)8-17-9)15(19)18-11-5-12(20-2)7-13(6-11)21-3/h4-8H,16H2,1-3H3,(H,18,19). The number of benzene rings is 1. The van der Waals surface area contributed by atoms with E-state index in [1.807, 2.05) is 0 Å². The molecule has 0 bridgehead atoms. The number of aromatic nitrogens is 1. The second kappa shape index (κ2) is 6.13. The van der Waals surface area contributed by atoms with Gasteiger partial charge in [-0.2, -0.15) is 0 Å². The normalized spacial score (nSPS) is 10.0. The number of methoxy groups -OCH3 is 2. The lowest BCUT2D eigenvalue weighted by Gasteiger charge is -2.11. The lowest BCUT2D eigenvalue weighted by atomic mass is 10.1. The second-order valence-electron chi connectivity index (χ2n) is 4.46. The summed E-state index contributed by atoms with van der Waals surface area (Å²) in [6.07, 6.45) is 1.51. The summed E-state index contributed by atoms with van der Waals surface area (Å²) in [5.41, 5.74) is 7.71. The summed E-state index contributed by atoms with van der Waals surface area (Å²) in [5.74, 6) is 0.891. The number of amides is 1. The Morgan fingerprint density at radius 1 is 1.14 bits per heavy atom. The lowest BCUT2D eigenvalue weighted by Crippen LogP contribution is -2.14. The average Bonchev–Trinajstić information content (AvgIpc) is 2.49. The Kier molecular flexibility index (Phi) is 4.27. The van der Waals surface area contributed by atoms with Crippen molar-refractivity contribution in [2.24, 2.45) is 0 Å². The number of hydrogen-bond donors (Lipinski definition) is 2. The minimum absolute atomic E-state index is 0.289. The highest BCUT2D eigenvalue weighted by atomic mass is 16.5. The van der Waals surface area contributed by atoms with E-state index in [0.29, 0.717) is 34.1 Å². The van der Waals surface area contributed by atoms with Gasteiger partial charge in [0.25, 0.3) is 5.91 Å². The molecule has 0 radical (unpaired) electrons. The molecule has 1 aromatic carbocycles. The van der Waals surface area contributed by atoms with Crippen molar-refractivity contribution in [1.29, 1.82) is 0 Å². The molecule has 6 heteroatoms. The van der Waals surface area contributed by atoms with Crippen LogP contribution >= 0.6 is 0 Å². The van der Waals surface area contributed by atoms with Gasteiger partial charge in [0.15, 0.2) is 0 Å². The van der Waals surface area contributed by atoms with Crippen molar-refractivity contribution in [2.75, 3.05) is 25.3 Å². The Bertz CT molecular complexity index is 649. The first kappa shape index (κ1) is 14.6. The maximum atomic E-state index is 12.3. The van der Waals surface area contributed by atoms with Gasteiger partial charge < -0.3 is 20.5 Å². The van der Waals surface area contributed by atoms with Crippen molar-refractivity contribution in [3.8, 4) is 11.5 Å². The summed E-state index contributed by atoms with van der Waals surface area (Å²) >= 11 is 0. The molecule has 3 N–H and O–H groups in total. The summed E-state index contributed by atoms with van der Waals surface area (Å²) in [6, 6.07) is 6.73. The number of rotatable bonds is 4. The minimum atomic E-state index is -0.289. The molecule has 21 heavy (non-hydrogen) atoms. The molecule has 0 atom stereocenters. The summed E-state index contributed by atoms with van der Waals surface area (Å²) in [7, 11) is 3.10. The number of nitrogens with zero attached hydrogens (tertiary/aromatic N) is 1. The van der Waals surface area contributed by atoms with Crippen LogP contribution in [0.3, 0.4) is 0 Å². The van der Waals surface area contributed by atoms with E-state index in [9.17, 15) is 4.79 Å². The molecule has 6 nitrogen and oxygen atoms in total. The highest BCUT2D eigenvalue weighted by Crippen LogP contribution is 2.26. The van der Waals surface area contributed by atoms with Crippen LogP contribution in [0.15, 0.2) is 30.5 Å². The number of ether oxygens (including phenoxy) is 2. The number of anilines is 2. The van der Waals surface area contributed by atoms with Crippen molar-refractivity contribution in [3.05, 3.63) is 41.7 Å². The summed E-state index contributed by atoms with van der Waals surface area (Å²) in [5, 5.41) is 2.78. The zero-order chi connectivity index (χ0) is 15.4. The molecule has 0 aliphatic carbocycles. The van der Waals surface area contributed by atoms with E-state index >= 15 is 0 Å². The molecule has 0 aliphatic heterocycles. The first-order chi connectivity index (χ1) is 10.0. The molecule has 1 aromatic heterocycles. The predicted molar refractivity (Wildman–Crippen MR) is 80.9 cm³/mol. The van der Waals surface area contributed by atoms with Gasteiger partial charge in [0.05, 0.1) is 37.4 Å². The zero-order valence-electron chi connectivity index (χ0n) is 12.1. The van der Waals surface area contributed by atoms with Gasteiger partial charge in [0.2, 0.25) is 0 Å². The SMILES string of the molecule is COc1cc(NC(=O)c2cc(N)cnc2C)cc(OC)c1. The predicted octanol–water partition coefficient (Wildman–Crippen LogP) is 2.24. The third kappa shape index (κ3) is 3.42. The molecule has 0 aliphatic rings. The minimum Gasteiger partial charge on any atom is -0.497 e. The Hall–Kier alpha value is -2.76. The largest absolute Gasteiger partial charge is 0.497 e. The summed E-state index contributed by atoms with van der Waals surface area (Å²) in [6.45, 7) is 1.75. The van der Waals surface area contributed by atoms with Crippen molar-refractivity contribution >= 4 is 17.3 Å². The molecular weight excluding hydrogens is 270 g/mol. The van der Waals surface area contributed by atoms with E-state index in [2.05, 4.69) is 10.3 Å². The van der Waals surface area contributed by atoms with Crippen LogP contribution in [0.1, 0.15) is 16.1 Å². The number of carbonyl (C=O) groups excluding carboxylic acids is 1. The van der Waals surface area contributed by atoms with E-state index in [1.54, 1.807) is 45.4 Å². The van der Waals surface area contributed by atoms with Gasteiger partial charge in [-0.05, 0) is 13.0 Å². The first-order valence-electron chi connectivity index (χ1n) is 6.30. The quantitative estimate of drug-likeness (QED) is 0.900. The number of hydrogen-bond acceptors (Lipinski definition) is 5. The molecule has 1 heterocycles. The summed E-state index contributed by atoms with van der Waals surface area (Å²) in [4.78, 5) is 16.4. The summed E-state index contributed by atoms with van der Waals surface area (Å²) < 4.78 is 10.3. The lowest BCUT2D eigenvalue weighted by molar-refractivity contribution is 0.102. The maximum absolute atomic E-state index is 12.3. The van der Waals surface area contributed by atoms with E-state index in [0.717, 1.165) is 0 Å². The van der Waals surface area contributed by atoms with Crippen LogP contribution < -0.4 is 20.5 Å². The van der Waals surface area contributed by atoms with Gasteiger partial charge in [-0.25, -0.2) is 0 Å². The topological polar surface area (TPSA) is 86.5 Å². The third-order valence-electron chi connectivity index (χ3n) is 2.96. The number of pyridine rings is 1. The third-order valence-corrected chi connectivity index (χ3v) is 2.96. The van der Waals surface area contributed by atoms with E-state index in [-0.39, 0.29) is 5.91 Å². The first-order valence-corrected chi connectivity index (χ1v) is 6.30. The van der Waals surface area contributed by atoms with Crippen LogP contribution in [-0.2, 0) is 0 Å². The van der Waals surface area contributed by atoms with Crippen LogP contribution in [-0.4, -0.2) is 25.1 Å². The van der Waals surface area contributed by atoms with Crippen LogP contribution in [0.2, 0.25) is 0 Å². The molecule has 0 unspecified atom stereocenters. The number of nitrogen functional groups attached to an aromatic ring is 1. The van der Waals surface area contributed by atoms with Gasteiger partial charge in [-0.1, -0.05) is 0 Å². The Balaban J connectivity index is 2.28. The van der Waals surface area contributed by atoms with Crippen LogP contribution in [0.5, 0.6) is 11.5 Å². The molecule has 110 valence electrons. The van der Waals surface area contributed by atoms with Crippen LogP contribution in [0.4, 0.5) is 11.4 Å². The fraction of sp³-hybridized carbons (Fsp3) is 0.200. The average molecular weight is 287 g/mol. The Labute approximate surface area is 122 Å². The van der Waals surface area contributed by atoms with E-state index in [1.165, 1.54) is 6.20 Å². The molecular formula is C15H17N3O3. The highest BCUT2D eigenvalue weighted by molar-refractivity contribution is 6.05. The molecule has 0 saturated heterocycles. The number of nitrogens with two attached hydrogens (primary N) is 1. The molecule has 1 amide bonds. The number of nitrogens with one attached hydrogen (secondary N) is 1. The number of aryl methyl sites for hydroxylation is 1. The monoisotopic (exact) mass is 287 g/mol.